The first-order chi connectivity index (χ1) is 7.31. The summed E-state index contributed by atoms with van der Waals surface area (Å²) in [5.74, 6) is 0. The van der Waals surface area contributed by atoms with E-state index in [9.17, 15) is 0 Å². The van der Waals surface area contributed by atoms with Gasteiger partial charge in [0, 0.05) is 4.90 Å². The molecular weight excluding hydrogens is 220 g/mol. The van der Waals surface area contributed by atoms with Crippen LogP contribution < -0.4 is 0 Å². The Balaban J connectivity index is 2.56. The second-order valence-corrected chi connectivity index (χ2v) is 4.63. The summed E-state index contributed by atoms with van der Waals surface area (Å²) in [4.78, 5) is 1.20. The van der Waals surface area contributed by atoms with E-state index in [0.29, 0.717) is 0 Å². The molecule has 0 aliphatic heterocycles. The molecule has 0 aliphatic rings. The van der Waals surface area contributed by atoms with Crippen LogP contribution >= 0.6 is 22.5 Å². The highest BCUT2D eigenvalue weighted by Gasteiger charge is 2.03. The van der Waals surface area contributed by atoms with Crippen molar-refractivity contribution in [3.8, 4) is 11.1 Å². The summed E-state index contributed by atoms with van der Waals surface area (Å²) < 4.78 is 0. The molecular formula is C13H12S2. The molecule has 0 unspecified atom stereocenters. The normalized spacial score (nSPS) is 10.3. The van der Waals surface area contributed by atoms with Crippen LogP contribution in [-0.2, 0) is 0 Å². The Morgan fingerprint density at radius 2 is 1.73 bits per heavy atom. The number of thiol groups is 1. The minimum absolute atomic E-state index is 1.20. The van der Waals surface area contributed by atoms with Gasteiger partial charge < -0.3 is 0 Å². The van der Waals surface area contributed by atoms with Crippen molar-refractivity contribution in [2.45, 2.75) is 11.8 Å². The zero-order valence-corrected chi connectivity index (χ0v) is 10.2. The predicted octanol–water partition coefficient (Wildman–Crippen LogP) is 4.60. The average molecular weight is 232 g/mol. The van der Waals surface area contributed by atoms with Crippen LogP contribution in [0.4, 0.5) is 0 Å². The largest absolute Gasteiger partial charge is 0.106 e. The van der Waals surface area contributed by atoms with Gasteiger partial charge in [-0.05, 0) is 24.1 Å². The summed E-state index contributed by atoms with van der Waals surface area (Å²) in [5, 5.41) is 0. The average Bonchev–Trinajstić information content (AvgIpc) is 2.30. The molecule has 0 N–H and O–H groups in total. The van der Waals surface area contributed by atoms with E-state index in [0.717, 1.165) is 0 Å². The lowest BCUT2D eigenvalue weighted by Gasteiger charge is -2.07. The van der Waals surface area contributed by atoms with Crippen molar-refractivity contribution in [1.29, 1.82) is 0 Å². The van der Waals surface area contributed by atoms with E-state index in [-0.39, 0.29) is 0 Å². The van der Waals surface area contributed by atoms with Crippen molar-refractivity contribution >= 4 is 22.5 Å². The molecule has 0 saturated heterocycles. The maximum atomic E-state index is 4.28. The Bertz CT molecular complexity index is 449. The summed E-state index contributed by atoms with van der Waals surface area (Å²) in [6.45, 7) is 2.11. The van der Waals surface area contributed by atoms with Crippen molar-refractivity contribution in [1.82, 2.24) is 0 Å². The predicted molar refractivity (Wildman–Crippen MR) is 71.5 cm³/mol. The van der Waals surface area contributed by atoms with Crippen LogP contribution in [0.5, 0.6) is 0 Å². The van der Waals surface area contributed by atoms with Crippen LogP contribution in [0.1, 0.15) is 5.56 Å². The molecule has 0 heterocycles. The lowest BCUT2D eigenvalue weighted by molar-refractivity contribution is 1.38. The van der Waals surface area contributed by atoms with Crippen LogP contribution in [0.25, 0.3) is 11.1 Å². The van der Waals surface area contributed by atoms with E-state index in [1.165, 1.54) is 32.4 Å². The van der Waals surface area contributed by atoms with Gasteiger partial charge in [-0.15, -0.1) is 11.7 Å². The van der Waals surface area contributed by atoms with E-state index < -0.39 is 0 Å². The third kappa shape index (κ3) is 2.39. The number of hydrogen-bond acceptors (Lipinski definition) is 2. The highest BCUT2D eigenvalue weighted by atomic mass is 33.1. The summed E-state index contributed by atoms with van der Waals surface area (Å²) in [6, 6.07) is 16.8. The zero-order chi connectivity index (χ0) is 10.7. The zero-order valence-electron chi connectivity index (χ0n) is 8.47. The summed E-state index contributed by atoms with van der Waals surface area (Å²) in [7, 11) is 1.49. The highest BCUT2D eigenvalue weighted by molar-refractivity contribution is 8.68. The van der Waals surface area contributed by atoms with Crippen LogP contribution in [0.3, 0.4) is 0 Å². The van der Waals surface area contributed by atoms with Crippen LogP contribution in [0, 0.1) is 6.92 Å². The molecule has 2 aromatic carbocycles. The maximum absolute atomic E-state index is 4.28. The third-order valence-corrected chi connectivity index (χ3v) is 3.46. The van der Waals surface area contributed by atoms with Gasteiger partial charge in [0.25, 0.3) is 0 Å². The van der Waals surface area contributed by atoms with Crippen LogP contribution in [0.15, 0.2) is 53.4 Å². The van der Waals surface area contributed by atoms with Gasteiger partial charge in [0.05, 0.1) is 0 Å². The summed E-state index contributed by atoms with van der Waals surface area (Å²) >= 11 is 4.28. The molecule has 0 amide bonds. The van der Waals surface area contributed by atoms with E-state index in [2.05, 4.69) is 61.0 Å². The highest BCUT2D eigenvalue weighted by Crippen LogP contribution is 2.33. The Kier molecular flexibility index (Phi) is 3.39. The fourth-order valence-electron chi connectivity index (χ4n) is 1.57. The van der Waals surface area contributed by atoms with Crippen molar-refractivity contribution in [3.05, 3.63) is 54.1 Å². The van der Waals surface area contributed by atoms with E-state index in [1.54, 1.807) is 0 Å². The monoisotopic (exact) mass is 232 g/mol. The SMILES string of the molecule is Cc1ccc(SS)c(-c2ccccc2)c1. The Hall–Kier alpha value is -0.860. The number of benzene rings is 2. The standard InChI is InChI=1S/C13H12S2/c1-10-7-8-13(15-14)12(9-10)11-5-3-2-4-6-11/h2-9,14H,1H3. The fourth-order valence-corrected chi connectivity index (χ4v) is 2.45. The maximum Gasteiger partial charge on any atom is 0.0258 e. The van der Waals surface area contributed by atoms with Crippen molar-refractivity contribution in [3.63, 3.8) is 0 Å². The second kappa shape index (κ2) is 4.77. The molecule has 2 aromatic rings. The summed E-state index contributed by atoms with van der Waals surface area (Å²) in [6.07, 6.45) is 0. The smallest absolute Gasteiger partial charge is 0.0258 e. The number of rotatable bonds is 2. The second-order valence-electron chi connectivity index (χ2n) is 3.46. The van der Waals surface area contributed by atoms with Gasteiger partial charge >= 0.3 is 0 Å². The molecule has 2 rings (SSSR count). The number of hydrogen-bond donors (Lipinski definition) is 1. The minimum Gasteiger partial charge on any atom is -0.106 e. The molecule has 0 fully saturated rings. The van der Waals surface area contributed by atoms with E-state index in [4.69, 9.17) is 0 Å². The first-order valence-corrected chi connectivity index (χ1v) is 6.65. The first-order valence-electron chi connectivity index (χ1n) is 4.79. The van der Waals surface area contributed by atoms with Crippen molar-refractivity contribution < 1.29 is 0 Å². The number of aryl methyl sites for hydroxylation is 1. The molecule has 0 atom stereocenters. The van der Waals surface area contributed by atoms with Gasteiger partial charge in [-0.1, -0.05) is 58.8 Å². The van der Waals surface area contributed by atoms with Gasteiger partial charge in [0.1, 0.15) is 0 Å². The molecule has 15 heavy (non-hydrogen) atoms. The van der Waals surface area contributed by atoms with E-state index in [1.807, 2.05) is 6.07 Å². The van der Waals surface area contributed by atoms with Crippen LogP contribution in [-0.4, -0.2) is 0 Å². The van der Waals surface area contributed by atoms with Crippen LogP contribution in [0.2, 0.25) is 0 Å². The molecule has 2 heteroatoms. The molecule has 76 valence electrons. The Morgan fingerprint density at radius 3 is 2.40 bits per heavy atom. The molecule has 0 saturated carbocycles. The molecule has 0 spiro atoms. The fraction of sp³-hybridized carbons (Fsp3) is 0.0769. The molecule has 0 nitrogen and oxygen atoms in total. The quantitative estimate of drug-likeness (QED) is 0.583. The van der Waals surface area contributed by atoms with Gasteiger partial charge in [-0.3, -0.25) is 0 Å². The third-order valence-electron chi connectivity index (χ3n) is 2.32. The van der Waals surface area contributed by atoms with Gasteiger partial charge in [-0.25, -0.2) is 0 Å². The summed E-state index contributed by atoms with van der Waals surface area (Å²) in [5.41, 5.74) is 3.79. The van der Waals surface area contributed by atoms with Crippen molar-refractivity contribution in [2.75, 3.05) is 0 Å². The molecule has 0 bridgehead atoms. The first kappa shape index (κ1) is 10.7. The molecule has 0 radical (unpaired) electrons. The van der Waals surface area contributed by atoms with E-state index >= 15 is 0 Å². The van der Waals surface area contributed by atoms with Gasteiger partial charge in [0.2, 0.25) is 0 Å². The minimum atomic E-state index is 1.20. The molecule has 0 aromatic heterocycles. The Labute approximate surface area is 99.5 Å². The lowest BCUT2D eigenvalue weighted by Crippen LogP contribution is -1.82. The lowest BCUT2D eigenvalue weighted by atomic mass is 10.0. The topological polar surface area (TPSA) is 0 Å². The van der Waals surface area contributed by atoms with Gasteiger partial charge in [0.15, 0.2) is 0 Å². The van der Waals surface area contributed by atoms with Crippen molar-refractivity contribution in [2.24, 2.45) is 0 Å². The molecule has 0 aliphatic carbocycles. The Morgan fingerprint density at radius 1 is 1.00 bits per heavy atom. The van der Waals surface area contributed by atoms with Gasteiger partial charge in [-0.2, -0.15) is 0 Å².